The largest absolute Gasteiger partial charge is 0.409 e. The molecule has 7 nitrogen and oxygen atoms in total. The summed E-state index contributed by atoms with van der Waals surface area (Å²) in [5.41, 5.74) is 7.32. The maximum Gasteiger partial charge on any atom is 0.255 e. The molecule has 0 saturated carbocycles. The van der Waals surface area contributed by atoms with Crippen LogP contribution >= 0.6 is 0 Å². The second-order valence-corrected chi connectivity index (χ2v) is 3.89. The summed E-state index contributed by atoms with van der Waals surface area (Å²) in [6.45, 7) is 5.20. The van der Waals surface area contributed by atoms with Crippen LogP contribution in [0, 0.1) is 13.8 Å². The number of amides is 1. The van der Waals surface area contributed by atoms with Crippen LogP contribution in [-0.2, 0) is 7.05 Å². The molecule has 0 radical (unpaired) electrons. The van der Waals surface area contributed by atoms with E-state index in [4.69, 9.17) is 10.9 Å². The van der Waals surface area contributed by atoms with Crippen molar-refractivity contribution in [1.82, 2.24) is 15.1 Å². The Morgan fingerprint density at radius 3 is 2.59 bits per heavy atom. The lowest BCUT2D eigenvalue weighted by Gasteiger charge is -2.12. The Morgan fingerprint density at radius 2 is 2.18 bits per heavy atom. The van der Waals surface area contributed by atoms with Crippen LogP contribution in [0.25, 0.3) is 0 Å². The summed E-state index contributed by atoms with van der Waals surface area (Å²) in [5.74, 6) is -0.329. The van der Waals surface area contributed by atoms with E-state index in [1.165, 1.54) is 0 Å². The molecule has 0 saturated heterocycles. The van der Waals surface area contributed by atoms with Gasteiger partial charge in [0.2, 0.25) is 0 Å². The summed E-state index contributed by atoms with van der Waals surface area (Å²) >= 11 is 0. The molecule has 1 amide bonds. The fraction of sp³-hybridized carbons (Fsp3) is 0.500. The topological polar surface area (TPSA) is 106 Å². The van der Waals surface area contributed by atoms with E-state index in [1.54, 1.807) is 25.6 Å². The number of carbonyl (C=O) groups is 1. The number of nitrogens with one attached hydrogen (secondary N) is 1. The van der Waals surface area contributed by atoms with Gasteiger partial charge in [-0.15, -0.1) is 0 Å². The standard InChI is InChI=1S/C10H17N5O2/c1-5-8(7(3)15(4)13-5)10(16)12-6(2)9(11)14-17/h6,17H,1-4H3,(H2,11,14)(H,12,16). The lowest BCUT2D eigenvalue weighted by atomic mass is 10.1. The molecular weight excluding hydrogens is 222 g/mol. The van der Waals surface area contributed by atoms with Gasteiger partial charge in [0.25, 0.3) is 5.91 Å². The molecule has 1 rings (SSSR count). The average molecular weight is 239 g/mol. The van der Waals surface area contributed by atoms with Crippen molar-refractivity contribution in [2.24, 2.45) is 17.9 Å². The van der Waals surface area contributed by atoms with Gasteiger partial charge in [0.05, 0.1) is 17.3 Å². The van der Waals surface area contributed by atoms with E-state index in [2.05, 4.69) is 15.6 Å². The van der Waals surface area contributed by atoms with Crippen molar-refractivity contribution in [3.8, 4) is 0 Å². The van der Waals surface area contributed by atoms with Gasteiger partial charge in [0, 0.05) is 12.7 Å². The first-order valence-corrected chi connectivity index (χ1v) is 5.17. The lowest BCUT2D eigenvalue weighted by Crippen LogP contribution is -2.42. The number of aryl methyl sites for hydroxylation is 2. The van der Waals surface area contributed by atoms with Gasteiger partial charge in [-0.25, -0.2) is 0 Å². The average Bonchev–Trinajstić information content (AvgIpc) is 2.51. The van der Waals surface area contributed by atoms with Crippen molar-refractivity contribution >= 4 is 11.7 Å². The van der Waals surface area contributed by atoms with E-state index in [1.807, 2.05) is 6.92 Å². The van der Waals surface area contributed by atoms with Crippen molar-refractivity contribution in [3.05, 3.63) is 17.0 Å². The maximum absolute atomic E-state index is 12.0. The zero-order valence-corrected chi connectivity index (χ0v) is 10.4. The molecule has 1 atom stereocenters. The zero-order chi connectivity index (χ0) is 13.2. The van der Waals surface area contributed by atoms with Crippen LogP contribution < -0.4 is 11.1 Å². The summed E-state index contributed by atoms with van der Waals surface area (Å²) < 4.78 is 1.64. The van der Waals surface area contributed by atoms with Crippen LogP contribution in [0.5, 0.6) is 0 Å². The number of hydrogen-bond donors (Lipinski definition) is 3. The Hall–Kier alpha value is -2.05. The number of hydrogen-bond acceptors (Lipinski definition) is 4. The molecule has 94 valence electrons. The molecule has 1 heterocycles. The van der Waals surface area contributed by atoms with Crippen molar-refractivity contribution in [2.45, 2.75) is 26.8 Å². The van der Waals surface area contributed by atoms with Crippen LogP contribution in [0.15, 0.2) is 5.16 Å². The van der Waals surface area contributed by atoms with Gasteiger partial charge in [-0.2, -0.15) is 5.10 Å². The Morgan fingerprint density at radius 1 is 1.59 bits per heavy atom. The first kappa shape index (κ1) is 13.0. The Kier molecular flexibility index (Phi) is 3.72. The summed E-state index contributed by atoms with van der Waals surface area (Å²) in [4.78, 5) is 12.0. The smallest absolute Gasteiger partial charge is 0.255 e. The molecule has 1 aromatic heterocycles. The molecule has 0 bridgehead atoms. The minimum atomic E-state index is -0.536. The first-order valence-electron chi connectivity index (χ1n) is 5.17. The summed E-state index contributed by atoms with van der Waals surface area (Å²) in [6, 6.07) is -0.536. The van der Waals surface area contributed by atoms with E-state index in [0.717, 1.165) is 5.69 Å². The van der Waals surface area contributed by atoms with E-state index in [0.29, 0.717) is 11.3 Å². The molecular formula is C10H17N5O2. The van der Waals surface area contributed by atoms with Crippen LogP contribution in [0.3, 0.4) is 0 Å². The van der Waals surface area contributed by atoms with Gasteiger partial charge < -0.3 is 16.3 Å². The Labute approximate surface area is 99.3 Å². The van der Waals surface area contributed by atoms with Gasteiger partial charge in [0.1, 0.15) is 0 Å². The predicted molar refractivity (Wildman–Crippen MR) is 63.0 cm³/mol. The molecule has 0 aliphatic heterocycles. The third-order valence-electron chi connectivity index (χ3n) is 2.64. The molecule has 7 heteroatoms. The van der Waals surface area contributed by atoms with Gasteiger partial charge >= 0.3 is 0 Å². The molecule has 0 fully saturated rings. The minimum Gasteiger partial charge on any atom is -0.409 e. The van der Waals surface area contributed by atoms with Crippen LogP contribution in [0.2, 0.25) is 0 Å². The molecule has 17 heavy (non-hydrogen) atoms. The number of nitrogens with two attached hydrogens (primary N) is 1. The van der Waals surface area contributed by atoms with Gasteiger partial charge in [-0.05, 0) is 20.8 Å². The van der Waals surface area contributed by atoms with E-state index in [9.17, 15) is 4.79 Å². The summed E-state index contributed by atoms with van der Waals surface area (Å²) in [5, 5.41) is 18.1. The maximum atomic E-state index is 12.0. The quantitative estimate of drug-likeness (QED) is 0.296. The second kappa shape index (κ2) is 4.86. The van der Waals surface area contributed by atoms with Crippen LogP contribution in [0.4, 0.5) is 0 Å². The number of oxime groups is 1. The van der Waals surface area contributed by atoms with E-state index in [-0.39, 0.29) is 11.7 Å². The Balaban J connectivity index is 2.91. The highest BCUT2D eigenvalue weighted by Crippen LogP contribution is 2.11. The first-order chi connectivity index (χ1) is 7.88. The molecule has 0 spiro atoms. The zero-order valence-electron chi connectivity index (χ0n) is 10.4. The van der Waals surface area contributed by atoms with Gasteiger partial charge in [0.15, 0.2) is 5.84 Å². The number of aromatic nitrogens is 2. The monoisotopic (exact) mass is 239 g/mol. The highest BCUT2D eigenvalue weighted by atomic mass is 16.4. The molecule has 0 aliphatic carbocycles. The molecule has 0 aromatic carbocycles. The summed E-state index contributed by atoms with van der Waals surface area (Å²) in [6.07, 6.45) is 0. The molecule has 1 aromatic rings. The third kappa shape index (κ3) is 2.55. The number of nitrogens with zero attached hydrogens (tertiary/aromatic N) is 3. The molecule has 4 N–H and O–H groups in total. The van der Waals surface area contributed by atoms with Gasteiger partial charge in [-0.1, -0.05) is 5.16 Å². The summed E-state index contributed by atoms with van der Waals surface area (Å²) in [7, 11) is 1.77. The number of amidine groups is 1. The van der Waals surface area contributed by atoms with E-state index < -0.39 is 6.04 Å². The fourth-order valence-electron chi connectivity index (χ4n) is 1.53. The highest BCUT2D eigenvalue weighted by molar-refractivity contribution is 5.99. The van der Waals surface area contributed by atoms with Crippen LogP contribution in [0.1, 0.15) is 28.7 Å². The van der Waals surface area contributed by atoms with Crippen molar-refractivity contribution < 1.29 is 10.0 Å². The number of carbonyl (C=O) groups excluding carboxylic acids is 1. The second-order valence-electron chi connectivity index (χ2n) is 3.89. The Bertz CT molecular complexity index is 464. The lowest BCUT2D eigenvalue weighted by molar-refractivity contribution is 0.0947. The molecule has 1 unspecified atom stereocenters. The van der Waals surface area contributed by atoms with Crippen LogP contribution in [-0.4, -0.2) is 32.8 Å². The van der Waals surface area contributed by atoms with Crippen molar-refractivity contribution in [1.29, 1.82) is 0 Å². The van der Waals surface area contributed by atoms with Crippen molar-refractivity contribution in [2.75, 3.05) is 0 Å². The normalized spacial score (nSPS) is 13.5. The van der Waals surface area contributed by atoms with Crippen molar-refractivity contribution in [3.63, 3.8) is 0 Å². The third-order valence-corrected chi connectivity index (χ3v) is 2.64. The SMILES string of the molecule is Cc1nn(C)c(C)c1C(=O)NC(C)/C(N)=N/O. The van der Waals surface area contributed by atoms with Gasteiger partial charge in [-0.3, -0.25) is 9.48 Å². The minimum absolute atomic E-state index is 0.0439. The van der Waals surface area contributed by atoms with E-state index >= 15 is 0 Å². The fourth-order valence-corrected chi connectivity index (χ4v) is 1.53. The predicted octanol–water partition coefficient (Wildman–Crippen LogP) is -0.0984. The number of rotatable bonds is 3. The highest BCUT2D eigenvalue weighted by Gasteiger charge is 2.19. The molecule has 0 aliphatic rings.